The summed E-state index contributed by atoms with van der Waals surface area (Å²) in [6.45, 7) is 0. The Balaban J connectivity index is 1.77. The third-order valence-electron chi connectivity index (χ3n) is 3.23. The van der Waals surface area contributed by atoms with Crippen molar-refractivity contribution in [3.8, 4) is 0 Å². The fraction of sp³-hybridized carbons (Fsp3) is 0.429. The van der Waals surface area contributed by atoms with E-state index in [2.05, 4.69) is 10.1 Å². The van der Waals surface area contributed by atoms with Crippen molar-refractivity contribution in [2.75, 3.05) is 5.75 Å². The van der Waals surface area contributed by atoms with Gasteiger partial charge >= 0.3 is 0 Å². The number of halogens is 1. The first-order valence-corrected chi connectivity index (χ1v) is 7.97. The first-order valence-electron chi connectivity index (χ1n) is 6.49. The van der Waals surface area contributed by atoms with Gasteiger partial charge in [0.2, 0.25) is 5.89 Å². The summed E-state index contributed by atoms with van der Waals surface area (Å²) in [6.07, 6.45) is 3.65. The van der Waals surface area contributed by atoms with E-state index in [9.17, 15) is 0 Å². The highest BCUT2D eigenvalue weighted by Crippen LogP contribution is 2.37. The number of thioether (sulfide) groups is 1. The lowest BCUT2D eigenvalue weighted by atomic mass is 10.1. The predicted octanol–water partition coefficient (Wildman–Crippen LogP) is 4.36. The number of rotatable bonds is 3. The van der Waals surface area contributed by atoms with E-state index in [1.165, 1.54) is 18.6 Å². The summed E-state index contributed by atoms with van der Waals surface area (Å²) in [7, 11) is 0. The molecule has 2 atom stereocenters. The van der Waals surface area contributed by atoms with Gasteiger partial charge in [-0.1, -0.05) is 41.9 Å². The van der Waals surface area contributed by atoms with Gasteiger partial charge < -0.3 is 4.52 Å². The van der Waals surface area contributed by atoms with Gasteiger partial charge in [0.1, 0.15) is 5.38 Å². The molecular formula is C14H15ClN2OS. The number of alkyl halides is 1. The minimum atomic E-state index is -0.365. The highest BCUT2D eigenvalue weighted by atomic mass is 35.5. The third kappa shape index (κ3) is 2.95. The van der Waals surface area contributed by atoms with Crippen LogP contribution in [0.15, 0.2) is 34.9 Å². The molecule has 5 heteroatoms. The molecule has 1 aliphatic heterocycles. The van der Waals surface area contributed by atoms with Crippen LogP contribution in [0.3, 0.4) is 0 Å². The second-order valence-electron chi connectivity index (χ2n) is 4.62. The molecule has 3 nitrogen and oxygen atoms in total. The molecule has 0 radical (unpaired) electrons. The maximum Gasteiger partial charge on any atom is 0.249 e. The van der Waals surface area contributed by atoms with Gasteiger partial charge in [-0.15, -0.1) is 11.6 Å². The van der Waals surface area contributed by atoms with Gasteiger partial charge in [0.15, 0.2) is 5.82 Å². The zero-order valence-electron chi connectivity index (χ0n) is 10.5. The van der Waals surface area contributed by atoms with E-state index < -0.39 is 0 Å². The van der Waals surface area contributed by atoms with Crippen molar-refractivity contribution < 1.29 is 4.52 Å². The molecule has 0 amide bonds. The normalized spacial score (nSPS) is 21.2. The summed E-state index contributed by atoms with van der Waals surface area (Å²) in [5.74, 6) is 2.47. The van der Waals surface area contributed by atoms with Gasteiger partial charge in [-0.05, 0) is 24.2 Å². The molecule has 0 spiro atoms. The van der Waals surface area contributed by atoms with Crippen molar-refractivity contribution in [1.29, 1.82) is 0 Å². The summed E-state index contributed by atoms with van der Waals surface area (Å²) in [6, 6.07) is 9.82. The first-order chi connectivity index (χ1) is 9.34. The summed E-state index contributed by atoms with van der Waals surface area (Å²) in [5.41, 5.74) is 0.982. The topological polar surface area (TPSA) is 38.9 Å². The molecule has 1 aromatic carbocycles. The van der Waals surface area contributed by atoms with E-state index >= 15 is 0 Å². The predicted molar refractivity (Wildman–Crippen MR) is 77.5 cm³/mol. The minimum absolute atomic E-state index is 0.365. The lowest BCUT2D eigenvalue weighted by molar-refractivity contribution is 0.375. The van der Waals surface area contributed by atoms with Crippen molar-refractivity contribution in [2.45, 2.75) is 29.9 Å². The van der Waals surface area contributed by atoms with Crippen LogP contribution >= 0.6 is 23.4 Å². The van der Waals surface area contributed by atoms with E-state index in [1.807, 2.05) is 42.1 Å². The molecule has 19 heavy (non-hydrogen) atoms. The zero-order valence-corrected chi connectivity index (χ0v) is 12.0. The second-order valence-corrected chi connectivity index (χ2v) is 6.37. The SMILES string of the molecule is ClC(c1ccccc1)c1nc(C2CCCCS2)no1. The molecule has 2 aromatic rings. The van der Waals surface area contributed by atoms with Gasteiger partial charge in [0.25, 0.3) is 0 Å². The third-order valence-corrected chi connectivity index (χ3v) is 5.05. The second kappa shape index (κ2) is 5.97. The first kappa shape index (κ1) is 13.0. The quantitative estimate of drug-likeness (QED) is 0.789. The molecule has 100 valence electrons. The zero-order chi connectivity index (χ0) is 13.1. The van der Waals surface area contributed by atoms with E-state index in [1.54, 1.807) is 0 Å². The molecule has 0 N–H and O–H groups in total. The molecule has 3 rings (SSSR count). The van der Waals surface area contributed by atoms with Crippen molar-refractivity contribution in [3.63, 3.8) is 0 Å². The molecule has 1 saturated heterocycles. The number of hydrogen-bond acceptors (Lipinski definition) is 4. The number of nitrogens with zero attached hydrogens (tertiary/aromatic N) is 2. The lowest BCUT2D eigenvalue weighted by Gasteiger charge is -2.17. The fourth-order valence-corrected chi connectivity index (χ4v) is 3.66. The van der Waals surface area contributed by atoms with E-state index in [0.29, 0.717) is 11.1 Å². The van der Waals surface area contributed by atoms with Gasteiger partial charge in [0, 0.05) is 0 Å². The molecule has 1 aromatic heterocycles. The van der Waals surface area contributed by atoms with Crippen LogP contribution in [-0.4, -0.2) is 15.9 Å². The van der Waals surface area contributed by atoms with Crippen LogP contribution < -0.4 is 0 Å². The summed E-state index contributed by atoms with van der Waals surface area (Å²) < 4.78 is 5.33. The highest BCUT2D eigenvalue weighted by molar-refractivity contribution is 7.99. The van der Waals surface area contributed by atoms with Crippen LogP contribution in [-0.2, 0) is 0 Å². The fourth-order valence-electron chi connectivity index (χ4n) is 2.19. The Kier molecular flexibility index (Phi) is 4.09. The standard InChI is InChI=1S/C14H15ClN2OS/c15-12(10-6-2-1-3-7-10)14-16-13(17-18-14)11-8-4-5-9-19-11/h1-3,6-7,11-12H,4-5,8-9H2. The van der Waals surface area contributed by atoms with Gasteiger partial charge in [0.05, 0.1) is 5.25 Å². The van der Waals surface area contributed by atoms with E-state index in [4.69, 9.17) is 16.1 Å². The highest BCUT2D eigenvalue weighted by Gasteiger charge is 2.24. The van der Waals surface area contributed by atoms with Crippen LogP contribution in [0.5, 0.6) is 0 Å². The Morgan fingerprint density at radius 3 is 2.84 bits per heavy atom. The van der Waals surface area contributed by atoms with Crippen molar-refractivity contribution in [2.24, 2.45) is 0 Å². The molecule has 2 unspecified atom stereocenters. The van der Waals surface area contributed by atoms with Crippen LogP contribution in [0.2, 0.25) is 0 Å². The van der Waals surface area contributed by atoms with Crippen LogP contribution in [0, 0.1) is 0 Å². The Bertz CT molecular complexity index is 525. The molecule has 0 aliphatic carbocycles. The molecule has 1 fully saturated rings. The van der Waals surface area contributed by atoms with Crippen LogP contribution in [0.4, 0.5) is 0 Å². The Hall–Kier alpha value is -1.00. The Morgan fingerprint density at radius 2 is 2.11 bits per heavy atom. The van der Waals surface area contributed by atoms with Crippen LogP contribution in [0.25, 0.3) is 0 Å². The van der Waals surface area contributed by atoms with Gasteiger partial charge in [-0.2, -0.15) is 16.7 Å². The lowest BCUT2D eigenvalue weighted by Crippen LogP contribution is -2.04. The number of benzene rings is 1. The molecular weight excluding hydrogens is 280 g/mol. The largest absolute Gasteiger partial charge is 0.337 e. The van der Waals surface area contributed by atoms with Gasteiger partial charge in [-0.25, -0.2) is 0 Å². The van der Waals surface area contributed by atoms with Crippen molar-refractivity contribution >= 4 is 23.4 Å². The summed E-state index contributed by atoms with van der Waals surface area (Å²) >= 11 is 8.29. The number of aromatic nitrogens is 2. The van der Waals surface area contributed by atoms with E-state index in [0.717, 1.165) is 17.8 Å². The summed E-state index contributed by atoms with van der Waals surface area (Å²) in [5, 5.41) is 4.10. The molecule has 0 saturated carbocycles. The molecule has 2 heterocycles. The number of hydrogen-bond donors (Lipinski definition) is 0. The smallest absolute Gasteiger partial charge is 0.249 e. The maximum absolute atomic E-state index is 6.38. The van der Waals surface area contributed by atoms with E-state index in [-0.39, 0.29) is 5.38 Å². The maximum atomic E-state index is 6.38. The average Bonchev–Trinajstić information content (AvgIpc) is 2.98. The molecule has 0 bridgehead atoms. The minimum Gasteiger partial charge on any atom is -0.337 e. The molecule has 1 aliphatic rings. The summed E-state index contributed by atoms with van der Waals surface area (Å²) in [4.78, 5) is 4.48. The Morgan fingerprint density at radius 1 is 1.26 bits per heavy atom. The monoisotopic (exact) mass is 294 g/mol. The average molecular weight is 295 g/mol. The van der Waals surface area contributed by atoms with Crippen molar-refractivity contribution in [3.05, 3.63) is 47.6 Å². The van der Waals surface area contributed by atoms with Crippen LogP contribution in [0.1, 0.15) is 47.2 Å². The van der Waals surface area contributed by atoms with Gasteiger partial charge in [-0.3, -0.25) is 0 Å². The Labute approximate surface area is 121 Å². The van der Waals surface area contributed by atoms with Crippen molar-refractivity contribution in [1.82, 2.24) is 10.1 Å².